The van der Waals surface area contributed by atoms with Crippen molar-refractivity contribution in [3.63, 3.8) is 0 Å². The molecule has 0 bridgehead atoms. The first kappa shape index (κ1) is 13.1. The summed E-state index contributed by atoms with van der Waals surface area (Å²) < 4.78 is 0. The minimum absolute atomic E-state index is 0. The maximum Gasteiger partial charge on any atom is 2.00 e. The Kier molecular flexibility index (Phi) is 6.10. The van der Waals surface area contributed by atoms with Crippen molar-refractivity contribution in [2.24, 2.45) is 0 Å². The number of halogens is 1. The quantitative estimate of drug-likeness (QED) is 0.616. The van der Waals surface area contributed by atoms with Gasteiger partial charge in [-0.2, -0.15) is 0 Å². The molecular formula is C10H8ClN2Ni+. The third kappa shape index (κ3) is 3.09. The topological polar surface area (TPSA) is 25.8 Å². The summed E-state index contributed by atoms with van der Waals surface area (Å²) in [5.74, 6) is 0. The van der Waals surface area contributed by atoms with Crippen molar-refractivity contribution < 1.29 is 28.9 Å². The van der Waals surface area contributed by atoms with Gasteiger partial charge in [-0.1, -0.05) is 12.1 Å². The van der Waals surface area contributed by atoms with E-state index in [0.29, 0.717) is 0 Å². The van der Waals surface area contributed by atoms with Gasteiger partial charge in [0.1, 0.15) is 0 Å². The summed E-state index contributed by atoms with van der Waals surface area (Å²) in [6.45, 7) is 0. The normalized spacial score (nSPS) is 8.29. The molecule has 0 atom stereocenters. The first-order valence-electron chi connectivity index (χ1n) is 3.79. The van der Waals surface area contributed by atoms with E-state index >= 15 is 0 Å². The first-order valence-corrected chi connectivity index (χ1v) is 3.79. The van der Waals surface area contributed by atoms with Gasteiger partial charge in [-0.15, -0.1) is 0 Å². The van der Waals surface area contributed by atoms with Crippen LogP contribution in [-0.4, -0.2) is 9.97 Å². The summed E-state index contributed by atoms with van der Waals surface area (Å²) in [4.78, 5) is 8.37. The Morgan fingerprint density at radius 3 is 1.43 bits per heavy atom. The van der Waals surface area contributed by atoms with E-state index < -0.39 is 0 Å². The van der Waals surface area contributed by atoms with Crippen LogP contribution in [-0.2, 0) is 16.5 Å². The molecule has 2 aromatic rings. The molecule has 2 aromatic heterocycles. The zero-order chi connectivity index (χ0) is 8.23. The molecule has 0 aliphatic carbocycles. The Morgan fingerprint density at radius 1 is 0.714 bits per heavy atom. The van der Waals surface area contributed by atoms with E-state index in [2.05, 4.69) is 9.97 Å². The predicted octanol–water partition coefficient (Wildman–Crippen LogP) is -0.855. The van der Waals surface area contributed by atoms with Crippen LogP contribution in [0.4, 0.5) is 0 Å². The molecule has 0 radical (unpaired) electrons. The molecule has 0 N–H and O–H groups in total. The van der Waals surface area contributed by atoms with Gasteiger partial charge in [0, 0.05) is 12.4 Å². The van der Waals surface area contributed by atoms with Crippen molar-refractivity contribution in [3.05, 3.63) is 48.8 Å². The number of pyridine rings is 2. The van der Waals surface area contributed by atoms with Crippen LogP contribution in [0.3, 0.4) is 0 Å². The molecule has 0 aliphatic heterocycles. The molecular weight excluding hydrogens is 242 g/mol. The second kappa shape index (κ2) is 6.52. The summed E-state index contributed by atoms with van der Waals surface area (Å²) in [5.41, 5.74) is 1.83. The number of nitrogens with zero attached hydrogens (tertiary/aromatic N) is 2. The van der Waals surface area contributed by atoms with E-state index in [1.165, 1.54) is 0 Å². The van der Waals surface area contributed by atoms with Crippen LogP contribution in [0.5, 0.6) is 0 Å². The van der Waals surface area contributed by atoms with Crippen LogP contribution in [0, 0.1) is 0 Å². The van der Waals surface area contributed by atoms with E-state index in [0.717, 1.165) is 11.4 Å². The molecule has 0 amide bonds. The first-order chi connectivity index (χ1) is 5.97. The van der Waals surface area contributed by atoms with Gasteiger partial charge in [-0.25, -0.2) is 0 Å². The molecule has 0 saturated carbocycles. The second-order valence-corrected chi connectivity index (χ2v) is 2.43. The fourth-order valence-corrected chi connectivity index (χ4v) is 1.03. The van der Waals surface area contributed by atoms with E-state index in [9.17, 15) is 0 Å². The average molecular weight is 250 g/mol. The van der Waals surface area contributed by atoms with Crippen LogP contribution in [0.15, 0.2) is 48.8 Å². The molecule has 4 heteroatoms. The van der Waals surface area contributed by atoms with Crippen LogP contribution in [0.2, 0.25) is 0 Å². The minimum atomic E-state index is 0. The second-order valence-electron chi connectivity index (χ2n) is 2.43. The summed E-state index contributed by atoms with van der Waals surface area (Å²) >= 11 is 0. The van der Waals surface area contributed by atoms with E-state index in [1.807, 2.05) is 36.4 Å². The Morgan fingerprint density at radius 2 is 1.14 bits per heavy atom. The summed E-state index contributed by atoms with van der Waals surface area (Å²) in [7, 11) is 0. The maximum atomic E-state index is 4.19. The standard InChI is InChI=1S/C10H8N2.ClH.Ni/c1-3-7-11-9(5-1)10-6-2-4-8-12-10;;/h1-8H;1H;/q;;+2/p-1. The smallest absolute Gasteiger partial charge is 1.00 e. The van der Waals surface area contributed by atoms with Crippen LogP contribution >= 0.6 is 0 Å². The van der Waals surface area contributed by atoms with Gasteiger partial charge in [-0.05, 0) is 24.3 Å². The minimum Gasteiger partial charge on any atom is -1.00 e. The summed E-state index contributed by atoms with van der Waals surface area (Å²) in [6, 6.07) is 11.6. The van der Waals surface area contributed by atoms with Crippen molar-refractivity contribution >= 4 is 0 Å². The van der Waals surface area contributed by atoms with Crippen LogP contribution in [0.25, 0.3) is 11.4 Å². The van der Waals surface area contributed by atoms with Crippen LogP contribution < -0.4 is 12.4 Å². The zero-order valence-corrected chi connectivity index (χ0v) is 8.95. The monoisotopic (exact) mass is 249 g/mol. The maximum absolute atomic E-state index is 4.19. The third-order valence-electron chi connectivity index (χ3n) is 1.59. The Labute approximate surface area is 99.1 Å². The van der Waals surface area contributed by atoms with E-state index in [-0.39, 0.29) is 28.9 Å². The number of aromatic nitrogens is 2. The molecule has 0 fully saturated rings. The fourth-order valence-electron chi connectivity index (χ4n) is 1.03. The van der Waals surface area contributed by atoms with Gasteiger partial charge in [0.25, 0.3) is 0 Å². The Hall–Kier alpha value is -0.916. The van der Waals surface area contributed by atoms with Gasteiger partial charge < -0.3 is 12.4 Å². The third-order valence-corrected chi connectivity index (χ3v) is 1.59. The van der Waals surface area contributed by atoms with Gasteiger partial charge in [-0.3, -0.25) is 9.97 Å². The molecule has 2 nitrogen and oxygen atoms in total. The Bertz CT molecular complexity index is 316. The van der Waals surface area contributed by atoms with Gasteiger partial charge in [0.15, 0.2) is 0 Å². The van der Waals surface area contributed by atoms with Crippen molar-refractivity contribution in [1.29, 1.82) is 0 Å². The van der Waals surface area contributed by atoms with Crippen molar-refractivity contribution in [3.8, 4) is 11.4 Å². The average Bonchev–Trinajstić information content (AvgIpc) is 2.21. The van der Waals surface area contributed by atoms with Gasteiger partial charge in [0.2, 0.25) is 0 Å². The van der Waals surface area contributed by atoms with E-state index in [4.69, 9.17) is 0 Å². The Balaban J connectivity index is 0.000000845. The zero-order valence-electron chi connectivity index (χ0n) is 7.21. The molecule has 0 aromatic carbocycles. The van der Waals surface area contributed by atoms with Gasteiger partial charge >= 0.3 is 16.5 Å². The molecule has 0 spiro atoms. The number of rotatable bonds is 1. The fraction of sp³-hybridized carbons (Fsp3) is 0. The van der Waals surface area contributed by atoms with Crippen LogP contribution in [0.1, 0.15) is 0 Å². The predicted molar refractivity (Wildman–Crippen MR) is 47.5 cm³/mol. The SMILES string of the molecule is [Cl-].[Ni+2].c1ccc(-c2ccccn2)nc1. The molecule has 14 heavy (non-hydrogen) atoms. The molecule has 0 aliphatic rings. The molecule has 2 heterocycles. The molecule has 0 unspecified atom stereocenters. The largest absolute Gasteiger partial charge is 2.00 e. The summed E-state index contributed by atoms with van der Waals surface area (Å²) in [5, 5.41) is 0. The van der Waals surface area contributed by atoms with Gasteiger partial charge in [0.05, 0.1) is 11.4 Å². The molecule has 0 saturated heterocycles. The van der Waals surface area contributed by atoms with Crippen molar-refractivity contribution in [2.45, 2.75) is 0 Å². The van der Waals surface area contributed by atoms with Crippen molar-refractivity contribution in [1.82, 2.24) is 9.97 Å². The number of hydrogen-bond donors (Lipinski definition) is 0. The summed E-state index contributed by atoms with van der Waals surface area (Å²) in [6.07, 6.45) is 3.54. The van der Waals surface area contributed by atoms with E-state index in [1.54, 1.807) is 12.4 Å². The molecule has 2 rings (SSSR count). The molecule has 74 valence electrons. The van der Waals surface area contributed by atoms with Crippen molar-refractivity contribution in [2.75, 3.05) is 0 Å². The number of hydrogen-bond acceptors (Lipinski definition) is 2.